The lowest BCUT2D eigenvalue weighted by Crippen LogP contribution is -1.84. The Morgan fingerprint density at radius 3 is 3.08 bits per heavy atom. The highest BCUT2D eigenvalue weighted by Gasteiger charge is 1.93. The molecule has 0 radical (unpaired) electrons. The summed E-state index contributed by atoms with van der Waals surface area (Å²) in [5, 5.41) is 17.6. The van der Waals surface area contributed by atoms with E-state index in [1.54, 1.807) is 24.5 Å². The highest BCUT2D eigenvalue weighted by Crippen LogP contribution is 2.10. The Bertz CT molecular complexity index is 398. The number of nitrogens with two attached hydrogens (primary N) is 1. The van der Waals surface area contributed by atoms with E-state index in [0.717, 1.165) is 0 Å². The molecule has 0 saturated heterocycles. The molecular formula is C6H7N7. The fourth-order valence-electron chi connectivity index (χ4n) is 0.782. The number of aromatic amines is 1. The van der Waals surface area contributed by atoms with Crippen LogP contribution in [-0.4, -0.2) is 20.1 Å². The number of hydrogen-bond donors (Lipinski definition) is 2. The first-order valence-corrected chi connectivity index (χ1v) is 3.57. The molecule has 66 valence electrons. The van der Waals surface area contributed by atoms with Crippen molar-refractivity contribution in [2.45, 2.75) is 0 Å². The summed E-state index contributed by atoms with van der Waals surface area (Å²) in [7, 11) is 0. The van der Waals surface area contributed by atoms with Crippen LogP contribution in [0.1, 0.15) is 0 Å². The number of aromatic nitrogens is 4. The second kappa shape index (κ2) is 3.05. The topological polar surface area (TPSA) is 97.2 Å². The minimum atomic E-state index is 0.424. The molecule has 0 aliphatic carbocycles. The summed E-state index contributed by atoms with van der Waals surface area (Å²) < 4.78 is 0. The van der Waals surface area contributed by atoms with E-state index >= 15 is 0 Å². The smallest absolute Gasteiger partial charge is 0.199 e. The molecule has 7 heteroatoms. The molecule has 0 atom stereocenters. The molecular weight excluding hydrogens is 170 g/mol. The van der Waals surface area contributed by atoms with Gasteiger partial charge >= 0.3 is 0 Å². The van der Waals surface area contributed by atoms with Crippen LogP contribution in [0.15, 0.2) is 34.9 Å². The third-order valence-corrected chi connectivity index (χ3v) is 1.31. The summed E-state index contributed by atoms with van der Waals surface area (Å²) in [6.07, 6.45) is 3.28. The SMILES string of the molecule is Nc1cc(N=Nn2cccn2)n[nH]1. The zero-order chi connectivity index (χ0) is 9.10. The van der Waals surface area contributed by atoms with E-state index < -0.39 is 0 Å². The lowest BCUT2D eigenvalue weighted by molar-refractivity contribution is 0.689. The Balaban J connectivity index is 2.14. The molecule has 0 bridgehead atoms. The second-order valence-corrected chi connectivity index (χ2v) is 2.30. The maximum Gasteiger partial charge on any atom is 0.199 e. The first-order valence-electron chi connectivity index (χ1n) is 3.57. The molecule has 0 spiro atoms. The van der Waals surface area contributed by atoms with Gasteiger partial charge in [0, 0.05) is 6.07 Å². The van der Waals surface area contributed by atoms with Gasteiger partial charge in [0.1, 0.15) is 5.82 Å². The van der Waals surface area contributed by atoms with Crippen molar-refractivity contribution in [2.75, 3.05) is 5.73 Å². The van der Waals surface area contributed by atoms with Crippen molar-refractivity contribution < 1.29 is 0 Å². The molecule has 7 nitrogen and oxygen atoms in total. The van der Waals surface area contributed by atoms with Crippen LogP contribution in [0.25, 0.3) is 0 Å². The molecule has 2 rings (SSSR count). The van der Waals surface area contributed by atoms with Gasteiger partial charge in [0.15, 0.2) is 5.82 Å². The molecule has 0 aliphatic heterocycles. The number of nitrogen functional groups attached to an aromatic ring is 1. The number of H-pyrrole nitrogens is 1. The van der Waals surface area contributed by atoms with Crippen molar-refractivity contribution in [2.24, 2.45) is 10.3 Å². The maximum absolute atomic E-state index is 5.39. The molecule has 13 heavy (non-hydrogen) atoms. The van der Waals surface area contributed by atoms with Crippen LogP contribution in [0.4, 0.5) is 11.6 Å². The van der Waals surface area contributed by atoms with Crippen LogP contribution in [0.5, 0.6) is 0 Å². The molecule has 0 amide bonds. The van der Waals surface area contributed by atoms with Gasteiger partial charge in [0.2, 0.25) is 0 Å². The zero-order valence-electron chi connectivity index (χ0n) is 6.62. The van der Waals surface area contributed by atoms with Gasteiger partial charge < -0.3 is 5.73 Å². The van der Waals surface area contributed by atoms with Gasteiger partial charge in [0.25, 0.3) is 0 Å². The molecule has 2 heterocycles. The Kier molecular flexibility index (Phi) is 1.75. The number of anilines is 1. The van der Waals surface area contributed by atoms with Crippen molar-refractivity contribution in [3.63, 3.8) is 0 Å². The first-order chi connectivity index (χ1) is 6.34. The van der Waals surface area contributed by atoms with Crippen molar-refractivity contribution in [1.82, 2.24) is 20.1 Å². The summed E-state index contributed by atoms with van der Waals surface area (Å²) >= 11 is 0. The monoisotopic (exact) mass is 177 g/mol. The molecule has 0 saturated carbocycles. The lowest BCUT2D eigenvalue weighted by Gasteiger charge is -1.84. The fourth-order valence-corrected chi connectivity index (χ4v) is 0.782. The molecule has 2 aromatic heterocycles. The lowest BCUT2D eigenvalue weighted by atomic mass is 10.6. The standard InChI is InChI=1S/C6H7N7/c7-5-4-6(10-9-5)11-12-13-3-1-2-8-13/h1-4H,(H3,7,9,10). The van der Waals surface area contributed by atoms with Crippen molar-refractivity contribution in [3.8, 4) is 0 Å². The van der Waals surface area contributed by atoms with E-state index in [2.05, 4.69) is 25.6 Å². The quantitative estimate of drug-likeness (QED) is 0.661. The van der Waals surface area contributed by atoms with Crippen LogP contribution < -0.4 is 5.73 Å². The zero-order valence-corrected chi connectivity index (χ0v) is 6.62. The largest absolute Gasteiger partial charge is 0.384 e. The molecule has 0 aliphatic rings. The number of nitrogens with zero attached hydrogens (tertiary/aromatic N) is 5. The normalized spacial score (nSPS) is 11.1. The van der Waals surface area contributed by atoms with Gasteiger partial charge in [-0.1, -0.05) is 0 Å². The van der Waals surface area contributed by atoms with E-state index in [0.29, 0.717) is 11.6 Å². The van der Waals surface area contributed by atoms with Gasteiger partial charge in [0.05, 0.1) is 12.4 Å². The Labute approximate surface area is 73.2 Å². The molecule has 0 unspecified atom stereocenters. The summed E-state index contributed by atoms with van der Waals surface area (Å²) in [4.78, 5) is 1.32. The van der Waals surface area contributed by atoms with Gasteiger partial charge in [-0.05, 0) is 11.3 Å². The van der Waals surface area contributed by atoms with Gasteiger partial charge in [-0.25, -0.2) is 0 Å². The third kappa shape index (κ3) is 1.70. The Hall–Kier alpha value is -2.18. The highest BCUT2D eigenvalue weighted by atomic mass is 15.6. The van der Waals surface area contributed by atoms with Crippen LogP contribution >= 0.6 is 0 Å². The number of nitrogens with one attached hydrogen (secondary N) is 1. The Morgan fingerprint density at radius 1 is 1.54 bits per heavy atom. The first kappa shape index (κ1) is 7.47. The van der Waals surface area contributed by atoms with Crippen LogP contribution in [0.2, 0.25) is 0 Å². The second-order valence-electron chi connectivity index (χ2n) is 2.30. The predicted molar refractivity (Wildman–Crippen MR) is 45.1 cm³/mol. The average molecular weight is 177 g/mol. The summed E-state index contributed by atoms with van der Waals surface area (Å²) in [5.41, 5.74) is 5.39. The third-order valence-electron chi connectivity index (χ3n) is 1.31. The summed E-state index contributed by atoms with van der Waals surface area (Å²) in [6, 6.07) is 3.32. The summed E-state index contributed by atoms with van der Waals surface area (Å²) in [5.74, 6) is 0.877. The molecule has 0 fully saturated rings. The van der Waals surface area contributed by atoms with E-state index in [9.17, 15) is 0 Å². The van der Waals surface area contributed by atoms with E-state index in [1.165, 1.54) is 4.79 Å². The van der Waals surface area contributed by atoms with Crippen LogP contribution in [0, 0.1) is 0 Å². The van der Waals surface area contributed by atoms with Crippen molar-refractivity contribution >= 4 is 11.6 Å². The van der Waals surface area contributed by atoms with Crippen molar-refractivity contribution in [1.29, 1.82) is 0 Å². The predicted octanol–water partition coefficient (Wildman–Crippen LogP) is 0.735. The van der Waals surface area contributed by atoms with Crippen LogP contribution in [0.3, 0.4) is 0 Å². The fraction of sp³-hybridized carbons (Fsp3) is 0. The maximum atomic E-state index is 5.39. The van der Waals surface area contributed by atoms with Gasteiger partial charge in [-0.3, -0.25) is 5.10 Å². The number of hydrogen-bond acceptors (Lipinski definition) is 5. The molecule has 2 aromatic rings. The number of rotatable bonds is 2. The van der Waals surface area contributed by atoms with Gasteiger partial charge in [-0.15, -0.1) is 9.91 Å². The Morgan fingerprint density at radius 2 is 2.46 bits per heavy atom. The molecule has 3 N–H and O–H groups in total. The highest BCUT2D eigenvalue weighted by molar-refractivity contribution is 5.39. The molecule has 0 aromatic carbocycles. The minimum Gasteiger partial charge on any atom is -0.384 e. The van der Waals surface area contributed by atoms with E-state index in [4.69, 9.17) is 5.73 Å². The van der Waals surface area contributed by atoms with E-state index in [-0.39, 0.29) is 0 Å². The van der Waals surface area contributed by atoms with Crippen molar-refractivity contribution in [3.05, 3.63) is 24.5 Å². The minimum absolute atomic E-state index is 0.424. The van der Waals surface area contributed by atoms with Crippen LogP contribution in [-0.2, 0) is 0 Å². The van der Waals surface area contributed by atoms with E-state index in [1.807, 2.05) is 0 Å². The average Bonchev–Trinajstić information content (AvgIpc) is 2.71. The van der Waals surface area contributed by atoms with Gasteiger partial charge in [-0.2, -0.15) is 10.2 Å². The summed E-state index contributed by atoms with van der Waals surface area (Å²) in [6.45, 7) is 0.